The summed E-state index contributed by atoms with van der Waals surface area (Å²) in [6, 6.07) is 8.06. The molecule has 0 radical (unpaired) electrons. The Bertz CT molecular complexity index is 376. The fourth-order valence-corrected chi connectivity index (χ4v) is 1.49. The van der Waals surface area contributed by atoms with Gasteiger partial charge in [-0.15, -0.1) is 6.58 Å². The molecule has 0 bridgehead atoms. The molecular formula is C14H19NO. The van der Waals surface area contributed by atoms with Gasteiger partial charge in [0.05, 0.1) is 5.41 Å². The van der Waals surface area contributed by atoms with E-state index in [9.17, 15) is 4.79 Å². The zero-order valence-electron chi connectivity index (χ0n) is 10.2. The highest BCUT2D eigenvalue weighted by Crippen LogP contribution is 2.23. The zero-order valence-corrected chi connectivity index (χ0v) is 10.2. The Hall–Kier alpha value is -1.57. The van der Waals surface area contributed by atoms with Crippen molar-refractivity contribution in [2.75, 3.05) is 6.54 Å². The van der Waals surface area contributed by atoms with Gasteiger partial charge in [-0.1, -0.05) is 35.9 Å². The summed E-state index contributed by atoms with van der Waals surface area (Å²) in [6.07, 6.45) is 1.68. The summed E-state index contributed by atoms with van der Waals surface area (Å²) in [5.74, 6) is 0.0243. The summed E-state index contributed by atoms with van der Waals surface area (Å²) < 4.78 is 0. The first-order valence-corrected chi connectivity index (χ1v) is 5.45. The lowest BCUT2D eigenvalue weighted by molar-refractivity contribution is -0.125. The molecule has 2 nitrogen and oxygen atoms in total. The molecule has 1 amide bonds. The zero-order chi connectivity index (χ0) is 12.2. The van der Waals surface area contributed by atoms with Crippen molar-refractivity contribution in [2.24, 2.45) is 0 Å². The summed E-state index contributed by atoms with van der Waals surface area (Å²) in [7, 11) is 0. The number of hydrogen-bond acceptors (Lipinski definition) is 1. The molecule has 0 saturated heterocycles. The van der Waals surface area contributed by atoms with E-state index in [2.05, 4.69) is 11.9 Å². The maximum Gasteiger partial charge on any atom is 0.230 e. The Balaban J connectivity index is 2.87. The summed E-state index contributed by atoms with van der Waals surface area (Å²) in [5, 5.41) is 2.83. The molecule has 0 unspecified atom stereocenters. The Labute approximate surface area is 97.4 Å². The summed E-state index contributed by atoms with van der Waals surface area (Å²) in [5.41, 5.74) is 1.72. The lowest BCUT2D eigenvalue weighted by atomic mass is 9.83. The van der Waals surface area contributed by atoms with Gasteiger partial charge in [0.2, 0.25) is 5.91 Å². The fraction of sp³-hybridized carbons (Fsp3) is 0.357. The third-order valence-corrected chi connectivity index (χ3v) is 2.75. The molecule has 0 saturated carbocycles. The fourth-order valence-electron chi connectivity index (χ4n) is 1.49. The number of amides is 1. The first kappa shape index (κ1) is 12.5. The van der Waals surface area contributed by atoms with Gasteiger partial charge in [-0.05, 0) is 26.3 Å². The van der Waals surface area contributed by atoms with Gasteiger partial charge in [-0.25, -0.2) is 0 Å². The van der Waals surface area contributed by atoms with Gasteiger partial charge < -0.3 is 5.32 Å². The van der Waals surface area contributed by atoms with E-state index in [1.807, 2.05) is 45.0 Å². The predicted octanol–water partition coefficient (Wildman–Crippen LogP) is 2.57. The molecule has 0 aliphatic rings. The quantitative estimate of drug-likeness (QED) is 0.772. The van der Waals surface area contributed by atoms with Crippen molar-refractivity contribution in [3.05, 3.63) is 48.0 Å². The molecule has 0 fully saturated rings. The first-order valence-electron chi connectivity index (χ1n) is 5.45. The molecule has 0 spiro atoms. The molecule has 0 aliphatic heterocycles. The molecule has 16 heavy (non-hydrogen) atoms. The maximum atomic E-state index is 12.0. The van der Waals surface area contributed by atoms with Crippen molar-refractivity contribution in [1.82, 2.24) is 5.32 Å². The molecule has 1 rings (SSSR count). The Morgan fingerprint density at radius 1 is 1.38 bits per heavy atom. The second kappa shape index (κ2) is 4.97. The standard InChI is InChI=1S/C14H19NO/c1-5-10-15-13(16)14(3,4)12-8-6-11(2)7-9-12/h5-9H,1,10H2,2-4H3,(H,15,16). The van der Waals surface area contributed by atoms with Crippen LogP contribution in [0.4, 0.5) is 0 Å². The van der Waals surface area contributed by atoms with Crippen LogP contribution in [0, 0.1) is 6.92 Å². The highest BCUT2D eigenvalue weighted by atomic mass is 16.2. The van der Waals surface area contributed by atoms with Crippen LogP contribution in [0.5, 0.6) is 0 Å². The van der Waals surface area contributed by atoms with Gasteiger partial charge in [-0.3, -0.25) is 4.79 Å². The minimum atomic E-state index is -0.503. The van der Waals surface area contributed by atoms with Crippen molar-refractivity contribution in [3.8, 4) is 0 Å². The number of benzene rings is 1. The SMILES string of the molecule is C=CCNC(=O)C(C)(C)c1ccc(C)cc1. The van der Waals surface area contributed by atoms with E-state index in [1.165, 1.54) is 5.56 Å². The normalized spacial score (nSPS) is 10.9. The molecule has 0 atom stereocenters. The molecule has 1 aromatic rings. The number of aryl methyl sites for hydroxylation is 1. The minimum Gasteiger partial charge on any atom is -0.352 e. The third kappa shape index (κ3) is 2.72. The minimum absolute atomic E-state index is 0.0243. The average molecular weight is 217 g/mol. The van der Waals surface area contributed by atoms with Crippen molar-refractivity contribution < 1.29 is 4.79 Å². The molecule has 0 aliphatic carbocycles. The van der Waals surface area contributed by atoms with E-state index in [0.717, 1.165) is 5.56 Å². The van der Waals surface area contributed by atoms with E-state index in [0.29, 0.717) is 6.54 Å². The Kier molecular flexibility index (Phi) is 3.88. The highest BCUT2D eigenvalue weighted by molar-refractivity contribution is 5.87. The second-order valence-corrected chi connectivity index (χ2v) is 4.49. The molecule has 0 aromatic heterocycles. The van der Waals surface area contributed by atoms with Gasteiger partial charge in [0.1, 0.15) is 0 Å². The van der Waals surface area contributed by atoms with E-state index in [4.69, 9.17) is 0 Å². The smallest absolute Gasteiger partial charge is 0.230 e. The van der Waals surface area contributed by atoms with Gasteiger partial charge >= 0.3 is 0 Å². The number of rotatable bonds is 4. The lowest BCUT2D eigenvalue weighted by Gasteiger charge is -2.24. The van der Waals surface area contributed by atoms with Crippen molar-refractivity contribution in [3.63, 3.8) is 0 Å². The van der Waals surface area contributed by atoms with Crippen LogP contribution in [0.15, 0.2) is 36.9 Å². The molecule has 2 heteroatoms. The topological polar surface area (TPSA) is 29.1 Å². The van der Waals surface area contributed by atoms with E-state index in [1.54, 1.807) is 6.08 Å². The van der Waals surface area contributed by atoms with Crippen LogP contribution in [-0.4, -0.2) is 12.5 Å². The monoisotopic (exact) mass is 217 g/mol. The van der Waals surface area contributed by atoms with E-state index >= 15 is 0 Å². The van der Waals surface area contributed by atoms with Gasteiger partial charge in [0.15, 0.2) is 0 Å². The lowest BCUT2D eigenvalue weighted by Crippen LogP contribution is -2.40. The largest absolute Gasteiger partial charge is 0.352 e. The van der Waals surface area contributed by atoms with E-state index in [-0.39, 0.29) is 5.91 Å². The summed E-state index contributed by atoms with van der Waals surface area (Å²) in [6.45, 7) is 9.98. The van der Waals surface area contributed by atoms with Crippen LogP contribution in [0.25, 0.3) is 0 Å². The van der Waals surface area contributed by atoms with Crippen molar-refractivity contribution in [2.45, 2.75) is 26.2 Å². The van der Waals surface area contributed by atoms with E-state index < -0.39 is 5.41 Å². The number of carbonyl (C=O) groups is 1. The van der Waals surface area contributed by atoms with Crippen LogP contribution in [-0.2, 0) is 10.2 Å². The highest BCUT2D eigenvalue weighted by Gasteiger charge is 2.28. The predicted molar refractivity (Wildman–Crippen MR) is 67.4 cm³/mol. The number of carbonyl (C=O) groups excluding carboxylic acids is 1. The average Bonchev–Trinajstić information content (AvgIpc) is 2.26. The molecule has 0 heterocycles. The van der Waals surface area contributed by atoms with Crippen molar-refractivity contribution >= 4 is 5.91 Å². The van der Waals surface area contributed by atoms with Crippen molar-refractivity contribution in [1.29, 1.82) is 0 Å². The summed E-state index contributed by atoms with van der Waals surface area (Å²) in [4.78, 5) is 12.0. The molecule has 1 N–H and O–H groups in total. The van der Waals surface area contributed by atoms with Gasteiger partial charge in [0, 0.05) is 6.54 Å². The first-order chi connectivity index (χ1) is 7.48. The maximum absolute atomic E-state index is 12.0. The second-order valence-electron chi connectivity index (χ2n) is 4.49. The third-order valence-electron chi connectivity index (χ3n) is 2.75. The van der Waals surface area contributed by atoms with Gasteiger partial charge in [0.25, 0.3) is 0 Å². The Morgan fingerprint density at radius 3 is 2.44 bits per heavy atom. The van der Waals surface area contributed by atoms with Crippen LogP contribution in [0.1, 0.15) is 25.0 Å². The van der Waals surface area contributed by atoms with Crippen LogP contribution in [0.3, 0.4) is 0 Å². The van der Waals surface area contributed by atoms with Crippen LogP contribution < -0.4 is 5.32 Å². The summed E-state index contributed by atoms with van der Waals surface area (Å²) >= 11 is 0. The van der Waals surface area contributed by atoms with Crippen LogP contribution in [0.2, 0.25) is 0 Å². The molecule has 1 aromatic carbocycles. The van der Waals surface area contributed by atoms with Gasteiger partial charge in [-0.2, -0.15) is 0 Å². The molecular weight excluding hydrogens is 198 g/mol. The number of hydrogen-bond donors (Lipinski definition) is 1. The number of nitrogens with one attached hydrogen (secondary N) is 1. The van der Waals surface area contributed by atoms with Crippen LogP contribution >= 0.6 is 0 Å². The molecule has 86 valence electrons. The Morgan fingerprint density at radius 2 is 1.94 bits per heavy atom.